The number of alkyl halides is 1. The van der Waals surface area contributed by atoms with E-state index in [0.717, 1.165) is 64.3 Å². The Morgan fingerprint density at radius 2 is 1.37 bits per heavy atom. The van der Waals surface area contributed by atoms with Crippen molar-refractivity contribution in [2.75, 3.05) is 26.9 Å². The van der Waals surface area contributed by atoms with E-state index in [9.17, 15) is 5.26 Å². The van der Waals surface area contributed by atoms with E-state index in [1.807, 2.05) is 42.5 Å². The molecule has 392 valence electrons. The van der Waals surface area contributed by atoms with Crippen molar-refractivity contribution in [1.82, 2.24) is 0 Å². The molecule has 7 atom stereocenters. The summed E-state index contributed by atoms with van der Waals surface area (Å²) in [5, 5.41) is 17.6. The zero-order valence-electron chi connectivity index (χ0n) is 45.3. The number of methoxy groups -OCH3 is 1. The minimum atomic E-state index is -3.11. The topological polar surface area (TPSA) is 101 Å². The van der Waals surface area contributed by atoms with Gasteiger partial charge in [-0.1, -0.05) is 184 Å². The molecule has 0 aromatic heterocycles. The van der Waals surface area contributed by atoms with Gasteiger partial charge in [-0.3, -0.25) is 0 Å². The highest BCUT2D eigenvalue weighted by Crippen LogP contribution is 2.41. The van der Waals surface area contributed by atoms with Crippen LogP contribution in [0.1, 0.15) is 107 Å². The fourth-order valence-electron chi connectivity index (χ4n) is 10.2. The summed E-state index contributed by atoms with van der Waals surface area (Å²) in [5.74, 6) is 0.0234. The Kier molecular flexibility index (Phi) is 25.2. The van der Waals surface area contributed by atoms with Crippen molar-refractivity contribution in [3.8, 4) is 6.07 Å². The smallest absolute Gasteiger partial charge is 0.261 e. The van der Waals surface area contributed by atoms with Crippen LogP contribution in [-0.2, 0) is 38.9 Å². The first-order valence-electron chi connectivity index (χ1n) is 26.6. The van der Waals surface area contributed by atoms with E-state index in [1.54, 1.807) is 13.2 Å². The van der Waals surface area contributed by atoms with Gasteiger partial charge in [0, 0.05) is 26.6 Å². The molecule has 0 bridgehead atoms. The molecule has 0 aliphatic carbocycles. The first-order chi connectivity index (χ1) is 34.1. The predicted molar refractivity (Wildman–Crippen MR) is 302 cm³/mol. The highest BCUT2D eigenvalue weighted by atomic mass is 35.5. The number of oxime groups is 1. The van der Waals surface area contributed by atoms with E-state index >= 15 is 0 Å². The van der Waals surface area contributed by atoms with Gasteiger partial charge in [0.15, 0.2) is 22.7 Å². The maximum absolute atomic E-state index is 11.6. The van der Waals surface area contributed by atoms with E-state index in [2.05, 4.69) is 143 Å². The monoisotopic (exact) mass is 1040 g/mol. The van der Waals surface area contributed by atoms with Crippen LogP contribution in [0.4, 0.5) is 0 Å². The minimum absolute atomic E-state index is 0.0234. The lowest BCUT2D eigenvalue weighted by atomic mass is 9.85. The second kappa shape index (κ2) is 29.6. The molecule has 9 nitrogen and oxygen atoms in total. The summed E-state index contributed by atoms with van der Waals surface area (Å²) >= 11 is 7.84. The molecule has 1 aliphatic rings. The molecule has 1 heterocycles. The summed E-state index contributed by atoms with van der Waals surface area (Å²) in [6, 6.07) is 40.0. The summed E-state index contributed by atoms with van der Waals surface area (Å²) in [6.07, 6.45) is 6.95. The Morgan fingerprint density at radius 3 is 1.87 bits per heavy atom. The molecule has 13 heteroatoms. The van der Waals surface area contributed by atoms with Crippen LogP contribution in [0.5, 0.6) is 0 Å². The number of ether oxygens (including phenoxy) is 3. The van der Waals surface area contributed by atoms with Crippen molar-refractivity contribution in [2.45, 2.75) is 185 Å². The molecule has 3 aromatic carbocycles. The normalized spacial score (nSPS) is 17.7. The van der Waals surface area contributed by atoms with Gasteiger partial charge in [-0.05, 0) is 82.4 Å². The van der Waals surface area contributed by atoms with E-state index < -0.39 is 48.1 Å². The van der Waals surface area contributed by atoms with Gasteiger partial charge in [0.05, 0.1) is 55.3 Å². The molecule has 0 spiro atoms. The van der Waals surface area contributed by atoms with E-state index in [4.69, 9.17) is 49.1 Å². The van der Waals surface area contributed by atoms with Gasteiger partial charge in [0.1, 0.15) is 5.60 Å². The van der Waals surface area contributed by atoms with Crippen LogP contribution in [0.15, 0.2) is 121 Å². The van der Waals surface area contributed by atoms with Gasteiger partial charge >= 0.3 is 0 Å². The van der Waals surface area contributed by atoms with Crippen LogP contribution in [-0.4, -0.2) is 93.0 Å². The Bertz CT molecular complexity index is 2020. The van der Waals surface area contributed by atoms with Gasteiger partial charge in [0.25, 0.3) is 8.32 Å². The van der Waals surface area contributed by atoms with Crippen molar-refractivity contribution in [3.05, 3.63) is 121 Å². The van der Waals surface area contributed by atoms with Crippen molar-refractivity contribution < 1.29 is 32.3 Å². The van der Waals surface area contributed by atoms with Crippen LogP contribution < -0.4 is 10.4 Å². The zero-order valence-corrected chi connectivity index (χ0v) is 49.1. The maximum Gasteiger partial charge on any atom is 0.261 e. The molecular weight excluding hydrogens is 956 g/mol. The zero-order chi connectivity index (χ0) is 52.0. The van der Waals surface area contributed by atoms with Crippen LogP contribution in [0, 0.1) is 17.2 Å². The van der Waals surface area contributed by atoms with Crippen molar-refractivity contribution in [3.63, 3.8) is 0 Å². The average molecular weight is 1050 g/mol. The molecule has 1 unspecified atom stereocenters. The SMILES string of the molecule is C=CCOC/C=C/[C@H](O[Si](c1ccccc1)(c1ccccc1)C(C)(C)C)[C@H](Cl)[C@H](CC(C#N)(CC[C@@H](C)C1=NO[C@@H]([C@@H](CCOCc2ccccc2)O[Si](CC)(CC)CC)C1)O[Si](CC)(CC)CC)OC. The van der Waals surface area contributed by atoms with E-state index in [0.29, 0.717) is 45.7 Å². The summed E-state index contributed by atoms with van der Waals surface area (Å²) < 4.78 is 40.8. The maximum atomic E-state index is 11.6. The number of nitrogens with zero attached hydrogens (tertiary/aromatic N) is 2. The molecule has 0 N–H and O–H groups in total. The minimum Gasteiger partial charge on any atom is -0.410 e. The molecule has 4 rings (SSSR count). The highest BCUT2D eigenvalue weighted by molar-refractivity contribution is 6.99. The van der Waals surface area contributed by atoms with Crippen molar-refractivity contribution in [2.24, 2.45) is 11.1 Å². The van der Waals surface area contributed by atoms with Gasteiger partial charge in [0.2, 0.25) is 0 Å². The first-order valence-corrected chi connectivity index (χ1v) is 34.0. The number of rotatable bonds is 34. The fraction of sp³-hybridized carbons (Fsp3) is 0.586. The predicted octanol–water partition coefficient (Wildman–Crippen LogP) is 13.5. The van der Waals surface area contributed by atoms with Gasteiger partial charge in [-0.15, -0.1) is 18.2 Å². The highest BCUT2D eigenvalue weighted by Gasteiger charge is 2.53. The van der Waals surface area contributed by atoms with Gasteiger partial charge < -0.3 is 32.3 Å². The standard InChI is InChI=1S/C58H89ClN2O7Si3/c1-13-40-63-41-29-36-53(67-71(57(9,10)11,49-32-25-21-26-33-49)50-34-27-22-28-35-50)56(59)55(62-12)44-58(46-60,68-70(17-5,18-6)19-7)39-37-47(8)51-43-54(65-61-51)52(66-69(14-2,15-3)16-4)38-42-64-45-48-30-23-20-24-31-48/h13,20-36,47,52-56H,1,14-19,37-45H2,2-12H3/b36-29+/t47-,52-,53+,54-,55+,56+,58?/m1/s1. The second-order valence-corrected chi connectivity index (χ2v) is 34.6. The molecule has 0 fully saturated rings. The molecular formula is C58H89ClN2O7Si3. The average Bonchev–Trinajstić information content (AvgIpc) is 3.90. The molecule has 0 amide bonds. The Morgan fingerprint density at radius 1 is 0.803 bits per heavy atom. The Hall–Kier alpha value is -3.20. The Balaban J connectivity index is 1.66. The molecule has 0 saturated heterocycles. The lowest BCUT2D eigenvalue weighted by molar-refractivity contribution is -0.0265. The fourth-order valence-corrected chi connectivity index (χ4v) is 21.2. The number of hydrogen-bond acceptors (Lipinski definition) is 9. The molecule has 0 saturated carbocycles. The number of halogens is 1. The lowest BCUT2D eigenvalue weighted by Crippen LogP contribution is -2.68. The van der Waals surface area contributed by atoms with Gasteiger partial charge in [-0.25, -0.2) is 0 Å². The van der Waals surface area contributed by atoms with Crippen LogP contribution >= 0.6 is 11.6 Å². The first kappa shape index (κ1) is 60.4. The largest absolute Gasteiger partial charge is 0.410 e. The van der Waals surface area contributed by atoms with Crippen LogP contribution in [0.3, 0.4) is 0 Å². The third-order valence-electron chi connectivity index (χ3n) is 15.2. The van der Waals surface area contributed by atoms with Crippen molar-refractivity contribution in [1.29, 1.82) is 5.26 Å². The van der Waals surface area contributed by atoms with Gasteiger partial charge in [-0.2, -0.15) is 5.26 Å². The molecule has 71 heavy (non-hydrogen) atoms. The molecule has 1 aliphatic heterocycles. The third kappa shape index (κ3) is 16.4. The number of nitriles is 1. The van der Waals surface area contributed by atoms with Crippen LogP contribution in [0.25, 0.3) is 0 Å². The lowest BCUT2D eigenvalue weighted by Gasteiger charge is -2.46. The molecule has 3 aromatic rings. The quantitative estimate of drug-likeness (QED) is 0.0252. The van der Waals surface area contributed by atoms with Crippen molar-refractivity contribution >= 4 is 52.6 Å². The van der Waals surface area contributed by atoms with E-state index in [1.165, 1.54) is 0 Å². The summed E-state index contributed by atoms with van der Waals surface area (Å²) in [5.41, 5.74) is 0.951. The second-order valence-electron chi connectivity index (χ2n) is 20.5. The number of hydrogen-bond donors (Lipinski definition) is 0. The van der Waals surface area contributed by atoms with E-state index in [-0.39, 0.29) is 29.6 Å². The third-order valence-corrected chi connectivity index (χ3v) is 30.1. The summed E-state index contributed by atoms with van der Waals surface area (Å²) in [7, 11) is -5.77. The molecule has 0 radical (unpaired) electrons. The van der Waals surface area contributed by atoms with Crippen LogP contribution in [0.2, 0.25) is 41.3 Å². The number of benzene rings is 3. The summed E-state index contributed by atoms with van der Waals surface area (Å²) in [6.45, 7) is 28.1. The summed E-state index contributed by atoms with van der Waals surface area (Å²) in [4.78, 5) is 6.33. The Labute approximate surface area is 438 Å².